The first-order chi connectivity index (χ1) is 39.0. The zero-order valence-corrected chi connectivity index (χ0v) is 46.9. The summed E-state index contributed by atoms with van der Waals surface area (Å²) in [5, 5.41) is 58.4. The van der Waals surface area contributed by atoms with Crippen molar-refractivity contribution in [2.45, 2.75) is 147 Å². The van der Waals surface area contributed by atoms with Crippen LogP contribution in [0.15, 0.2) is 64.6 Å². The minimum absolute atomic E-state index is 0.0133. The van der Waals surface area contributed by atoms with E-state index in [1.807, 2.05) is 0 Å². The Morgan fingerprint density at radius 2 is 0.904 bits per heavy atom. The van der Waals surface area contributed by atoms with Crippen molar-refractivity contribution in [2.75, 3.05) is 19.6 Å². The fourth-order valence-corrected chi connectivity index (χ4v) is 8.05. The maximum atomic E-state index is 14.6. The van der Waals surface area contributed by atoms with E-state index in [1.54, 1.807) is 58.0 Å². The van der Waals surface area contributed by atoms with Crippen molar-refractivity contribution in [3.05, 3.63) is 65.7 Å². The Balaban J connectivity index is 2.57. The van der Waals surface area contributed by atoms with Crippen molar-refractivity contribution in [1.82, 2.24) is 42.5 Å². The number of nitrogens with one attached hydrogen (secondary N) is 8. The number of aliphatic carboxylic acids is 3. The second kappa shape index (κ2) is 36.3. The van der Waals surface area contributed by atoms with Crippen LogP contribution in [-0.2, 0) is 65.6 Å². The van der Waals surface area contributed by atoms with E-state index in [9.17, 15) is 68.1 Å². The second-order valence-corrected chi connectivity index (χ2v) is 20.4. The number of benzene rings is 2. The summed E-state index contributed by atoms with van der Waals surface area (Å²) in [5.41, 5.74) is 28.8. The van der Waals surface area contributed by atoms with Gasteiger partial charge in [0.25, 0.3) is 0 Å². The Labute approximate surface area is 479 Å². The SMILES string of the molecule is CC(C)C[C@H](NC(=O)[C@H](CC(=O)O)NC(=O)[C@H](Cc1ccccc1)NC(=O)[C@H](Cc1ccc(O)cc1)NC(=O)[C@H](CCCN=C(N)N)NC(=O)[C@H](CCCN=C(N)N)NC(=O)CNC(=O)[C@H](CC(C)C)NC(=O)[C@@H](N)CCC(=O)O)C(=O)O. The van der Waals surface area contributed by atoms with Crippen LogP contribution in [0.3, 0.4) is 0 Å². The van der Waals surface area contributed by atoms with Crippen LogP contribution in [0.4, 0.5) is 0 Å². The lowest BCUT2D eigenvalue weighted by molar-refractivity contribution is -0.144. The molecule has 0 unspecified atom stereocenters. The molecule has 458 valence electrons. The van der Waals surface area contributed by atoms with Gasteiger partial charge in [0.2, 0.25) is 47.3 Å². The molecule has 0 aromatic heterocycles. The molecule has 8 amide bonds. The first-order valence-electron chi connectivity index (χ1n) is 26.8. The lowest BCUT2D eigenvalue weighted by atomic mass is 10.0. The monoisotopic (exact) mass is 1170 g/mol. The summed E-state index contributed by atoms with van der Waals surface area (Å²) < 4.78 is 0. The van der Waals surface area contributed by atoms with E-state index in [2.05, 4.69) is 52.5 Å². The molecule has 2 aromatic rings. The molecule has 0 bridgehead atoms. The minimum atomic E-state index is -1.83. The Bertz CT molecular complexity index is 2580. The summed E-state index contributed by atoms with van der Waals surface area (Å²) in [4.78, 5) is 154. The van der Waals surface area contributed by atoms with E-state index >= 15 is 0 Å². The van der Waals surface area contributed by atoms with Crippen LogP contribution in [0.5, 0.6) is 5.75 Å². The van der Waals surface area contributed by atoms with Gasteiger partial charge in [0, 0.05) is 32.4 Å². The number of carbonyl (C=O) groups is 11. The van der Waals surface area contributed by atoms with E-state index in [0.29, 0.717) is 11.1 Å². The molecule has 0 aliphatic rings. The molecule has 0 spiro atoms. The van der Waals surface area contributed by atoms with Crippen molar-refractivity contribution < 1.29 is 73.2 Å². The molecule has 30 heteroatoms. The number of hydrogen-bond donors (Lipinski definition) is 17. The molecule has 0 saturated carbocycles. The largest absolute Gasteiger partial charge is 0.508 e. The lowest BCUT2D eigenvalue weighted by Crippen LogP contribution is -2.60. The number of nitrogens with two attached hydrogens (primary N) is 5. The van der Waals surface area contributed by atoms with Crippen LogP contribution in [0, 0.1) is 11.8 Å². The standard InChI is InChI=1S/C53H81N15O15/c1-28(2)22-36(64-44(75)33(54)18-19-42(71)72)45(76)61-27-41(70)62-34(12-8-20-59-52(55)56)46(77)63-35(13-9-21-60-53(57)58)47(78)65-38(25-31-14-16-32(69)17-15-31)48(79)66-37(24-30-10-6-5-7-11-30)49(80)67-39(26-43(73)74)50(81)68-40(51(82)83)23-29(3)4/h5-7,10-11,14-17,28-29,33-40,69H,8-9,12-13,18-27,54H2,1-4H3,(H,61,76)(H,62,70)(H,63,77)(H,64,75)(H,65,78)(H,66,79)(H,67,80)(H,68,81)(H,71,72)(H,73,74)(H,82,83)(H4,55,56,59)(H4,57,58,60)/t33-,34-,35-,36-,37-,38-,39-,40-/m0/s1. The van der Waals surface area contributed by atoms with E-state index in [1.165, 1.54) is 24.3 Å². The number of phenolic OH excluding ortho intramolecular Hbond substituents is 1. The number of aromatic hydroxyl groups is 1. The molecule has 2 rings (SSSR count). The molecule has 0 aliphatic heterocycles. The number of guanidine groups is 2. The first-order valence-corrected chi connectivity index (χ1v) is 26.8. The fraction of sp³-hybridized carbons (Fsp3) is 0.528. The predicted octanol–water partition coefficient (Wildman–Crippen LogP) is -3.36. The highest BCUT2D eigenvalue weighted by Crippen LogP contribution is 2.15. The van der Waals surface area contributed by atoms with E-state index < -0.39 is 133 Å². The quantitative estimate of drug-likeness (QED) is 0.0177. The predicted molar refractivity (Wildman–Crippen MR) is 302 cm³/mol. The van der Waals surface area contributed by atoms with Crippen LogP contribution < -0.4 is 71.2 Å². The summed E-state index contributed by atoms with van der Waals surface area (Å²) in [7, 11) is 0. The van der Waals surface area contributed by atoms with Gasteiger partial charge in [-0.1, -0.05) is 70.2 Å². The fourth-order valence-electron chi connectivity index (χ4n) is 8.05. The van der Waals surface area contributed by atoms with Gasteiger partial charge in [0.05, 0.1) is 19.0 Å². The van der Waals surface area contributed by atoms with Gasteiger partial charge < -0.3 is 91.6 Å². The second-order valence-electron chi connectivity index (χ2n) is 20.4. The van der Waals surface area contributed by atoms with Crippen LogP contribution in [0.1, 0.15) is 96.6 Å². The number of nitrogens with zero attached hydrogens (tertiary/aromatic N) is 2. The van der Waals surface area contributed by atoms with Crippen LogP contribution in [-0.4, -0.2) is 165 Å². The molecule has 0 radical (unpaired) electrons. The van der Waals surface area contributed by atoms with Gasteiger partial charge in [-0.15, -0.1) is 0 Å². The summed E-state index contributed by atoms with van der Waals surface area (Å²) in [6, 6.07) is 1.86. The van der Waals surface area contributed by atoms with Crippen molar-refractivity contribution in [1.29, 1.82) is 0 Å². The Kier molecular flexibility index (Phi) is 30.6. The molecule has 30 nitrogen and oxygen atoms in total. The molecular weight excluding hydrogens is 1090 g/mol. The summed E-state index contributed by atoms with van der Waals surface area (Å²) in [5.74, 6) is -12.8. The third kappa shape index (κ3) is 28.8. The van der Waals surface area contributed by atoms with Gasteiger partial charge in [0.15, 0.2) is 11.9 Å². The Hall–Kier alpha value is -9.09. The lowest BCUT2D eigenvalue weighted by Gasteiger charge is -2.28. The maximum absolute atomic E-state index is 14.6. The summed E-state index contributed by atoms with van der Waals surface area (Å²) in [6.45, 7) is 6.16. The third-order valence-corrected chi connectivity index (χ3v) is 12.2. The molecule has 0 heterocycles. The number of carboxylic acids is 3. The first kappa shape index (κ1) is 70.0. The van der Waals surface area contributed by atoms with Crippen molar-refractivity contribution in [3.63, 3.8) is 0 Å². The molecule has 0 fully saturated rings. The van der Waals surface area contributed by atoms with Gasteiger partial charge in [-0.05, 0) is 80.0 Å². The number of aliphatic imine (C=N–C) groups is 2. The smallest absolute Gasteiger partial charge is 0.326 e. The van der Waals surface area contributed by atoms with Gasteiger partial charge in [-0.25, -0.2) is 4.79 Å². The van der Waals surface area contributed by atoms with E-state index in [-0.39, 0.29) is 100 Å². The minimum Gasteiger partial charge on any atom is -0.508 e. The molecular formula is C53H81N15O15. The van der Waals surface area contributed by atoms with Crippen molar-refractivity contribution in [3.8, 4) is 5.75 Å². The number of amides is 8. The summed E-state index contributed by atoms with van der Waals surface area (Å²) >= 11 is 0. The van der Waals surface area contributed by atoms with Crippen LogP contribution >= 0.6 is 0 Å². The van der Waals surface area contributed by atoms with Crippen LogP contribution in [0.2, 0.25) is 0 Å². The zero-order valence-electron chi connectivity index (χ0n) is 46.9. The highest BCUT2D eigenvalue weighted by molar-refractivity contribution is 5.98. The highest BCUT2D eigenvalue weighted by atomic mass is 16.4. The third-order valence-electron chi connectivity index (χ3n) is 12.2. The van der Waals surface area contributed by atoms with Crippen LogP contribution in [0.25, 0.3) is 0 Å². The summed E-state index contributed by atoms with van der Waals surface area (Å²) in [6.07, 6.45) is -2.30. The van der Waals surface area contributed by atoms with Crippen molar-refractivity contribution in [2.24, 2.45) is 50.5 Å². The molecule has 0 saturated heterocycles. The van der Waals surface area contributed by atoms with Gasteiger partial charge >= 0.3 is 17.9 Å². The highest BCUT2D eigenvalue weighted by Gasteiger charge is 2.35. The Morgan fingerprint density at radius 1 is 0.482 bits per heavy atom. The average Bonchev–Trinajstić information content (AvgIpc) is 3.41. The number of hydrogen-bond acceptors (Lipinski definition) is 15. The van der Waals surface area contributed by atoms with Crippen molar-refractivity contribution >= 4 is 77.1 Å². The normalized spacial score (nSPS) is 13.8. The van der Waals surface area contributed by atoms with Gasteiger partial charge in [-0.2, -0.15) is 0 Å². The molecule has 0 aliphatic carbocycles. The maximum Gasteiger partial charge on any atom is 0.326 e. The molecule has 8 atom stereocenters. The number of phenols is 1. The molecule has 83 heavy (non-hydrogen) atoms. The Morgan fingerprint density at radius 3 is 1.37 bits per heavy atom. The zero-order chi connectivity index (χ0) is 62.3. The topological polar surface area (TPSA) is 520 Å². The van der Waals surface area contributed by atoms with Gasteiger partial charge in [-0.3, -0.25) is 57.9 Å². The molecule has 2 aromatic carbocycles. The van der Waals surface area contributed by atoms with Gasteiger partial charge in [0.1, 0.15) is 48.0 Å². The number of carbonyl (C=O) groups excluding carboxylic acids is 8. The number of carboxylic acid groups (broad SMARTS) is 3. The molecule has 22 N–H and O–H groups in total. The average molecular weight is 1170 g/mol. The van der Waals surface area contributed by atoms with E-state index in [0.717, 1.165) is 0 Å². The number of rotatable bonds is 38. The van der Waals surface area contributed by atoms with E-state index in [4.69, 9.17) is 33.8 Å².